The van der Waals surface area contributed by atoms with E-state index in [-0.39, 0.29) is 11.4 Å². The Morgan fingerprint density at radius 1 is 1.00 bits per heavy atom. The number of sulfonamides is 1. The second-order valence-corrected chi connectivity index (χ2v) is 7.02. The molecule has 0 aliphatic heterocycles. The van der Waals surface area contributed by atoms with E-state index in [1.807, 2.05) is 19.1 Å². The van der Waals surface area contributed by atoms with Gasteiger partial charge in [0.2, 0.25) is 10.0 Å². The molecule has 0 atom stereocenters. The van der Waals surface area contributed by atoms with Crippen LogP contribution in [0.2, 0.25) is 0 Å². The minimum Gasteiger partial charge on any atom is -0.377 e. The SMILES string of the molecule is CCOCc1ccccc1CNS(=O)(=O)c1ccc(C(F)(F)F)cc1. The summed E-state index contributed by atoms with van der Waals surface area (Å²) in [5.41, 5.74) is 0.694. The Bertz CT molecular complexity index is 803. The van der Waals surface area contributed by atoms with Gasteiger partial charge >= 0.3 is 6.18 Å². The first-order chi connectivity index (χ1) is 11.7. The molecule has 0 heterocycles. The molecule has 0 amide bonds. The lowest BCUT2D eigenvalue weighted by molar-refractivity contribution is -0.137. The molecule has 0 saturated heterocycles. The summed E-state index contributed by atoms with van der Waals surface area (Å²) >= 11 is 0. The number of alkyl halides is 3. The monoisotopic (exact) mass is 373 g/mol. The van der Waals surface area contributed by atoms with Crippen LogP contribution in [-0.2, 0) is 34.1 Å². The number of hydrogen-bond donors (Lipinski definition) is 1. The molecule has 136 valence electrons. The van der Waals surface area contributed by atoms with Crippen molar-refractivity contribution in [3.63, 3.8) is 0 Å². The molecule has 4 nitrogen and oxygen atoms in total. The van der Waals surface area contributed by atoms with E-state index in [0.717, 1.165) is 35.4 Å². The number of rotatable bonds is 7. The fraction of sp³-hybridized carbons (Fsp3) is 0.294. The van der Waals surface area contributed by atoms with E-state index in [4.69, 9.17) is 4.74 Å². The summed E-state index contributed by atoms with van der Waals surface area (Å²) < 4.78 is 69.9. The zero-order valence-electron chi connectivity index (χ0n) is 13.5. The van der Waals surface area contributed by atoms with Crippen LogP contribution in [0.1, 0.15) is 23.6 Å². The molecule has 8 heteroatoms. The van der Waals surface area contributed by atoms with Crippen LogP contribution in [0.3, 0.4) is 0 Å². The van der Waals surface area contributed by atoms with Gasteiger partial charge in [-0.25, -0.2) is 13.1 Å². The van der Waals surface area contributed by atoms with Crippen molar-refractivity contribution < 1.29 is 26.3 Å². The van der Waals surface area contributed by atoms with Gasteiger partial charge in [0.1, 0.15) is 0 Å². The van der Waals surface area contributed by atoms with Crippen molar-refractivity contribution in [3.8, 4) is 0 Å². The summed E-state index contributed by atoms with van der Waals surface area (Å²) in [4.78, 5) is -0.220. The first-order valence-corrected chi connectivity index (χ1v) is 9.04. The number of ether oxygens (including phenoxy) is 1. The Balaban J connectivity index is 2.12. The van der Waals surface area contributed by atoms with Gasteiger partial charge in [-0.1, -0.05) is 24.3 Å². The Morgan fingerprint density at radius 2 is 1.60 bits per heavy atom. The van der Waals surface area contributed by atoms with Crippen LogP contribution in [-0.4, -0.2) is 15.0 Å². The average molecular weight is 373 g/mol. The zero-order valence-corrected chi connectivity index (χ0v) is 14.3. The van der Waals surface area contributed by atoms with Crippen LogP contribution in [0.4, 0.5) is 13.2 Å². The van der Waals surface area contributed by atoms with E-state index in [1.165, 1.54) is 0 Å². The molecular formula is C17H18F3NO3S. The van der Waals surface area contributed by atoms with Crippen molar-refractivity contribution >= 4 is 10.0 Å². The smallest absolute Gasteiger partial charge is 0.377 e. The third kappa shape index (κ3) is 5.29. The van der Waals surface area contributed by atoms with E-state index >= 15 is 0 Å². The molecule has 0 radical (unpaired) electrons. The van der Waals surface area contributed by atoms with Crippen LogP contribution in [0.15, 0.2) is 53.4 Å². The van der Waals surface area contributed by atoms with Crippen LogP contribution < -0.4 is 4.72 Å². The quantitative estimate of drug-likeness (QED) is 0.805. The molecule has 2 aromatic rings. The normalized spacial score (nSPS) is 12.3. The third-order valence-corrected chi connectivity index (χ3v) is 4.94. The van der Waals surface area contributed by atoms with Crippen LogP contribution in [0, 0.1) is 0 Å². The molecule has 0 spiro atoms. The summed E-state index contributed by atoms with van der Waals surface area (Å²) in [5, 5.41) is 0. The Hall–Kier alpha value is -1.90. The predicted octanol–water partition coefficient (Wildman–Crippen LogP) is 3.72. The van der Waals surface area contributed by atoms with Gasteiger partial charge in [-0.3, -0.25) is 0 Å². The van der Waals surface area contributed by atoms with Crippen LogP contribution >= 0.6 is 0 Å². The van der Waals surface area contributed by atoms with Gasteiger partial charge in [-0.2, -0.15) is 13.2 Å². The number of hydrogen-bond acceptors (Lipinski definition) is 3. The number of halogens is 3. The van der Waals surface area contributed by atoms with Gasteiger partial charge in [0.05, 0.1) is 17.1 Å². The fourth-order valence-corrected chi connectivity index (χ4v) is 3.17. The predicted molar refractivity (Wildman–Crippen MR) is 87.2 cm³/mol. The summed E-state index contributed by atoms with van der Waals surface area (Å²) in [5.74, 6) is 0. The summed E-state index contributed by atoms with van der Waals surface area (Å²) in [6, 6.07) is 10.6. The summed E-state index contributed by atoms with van der Waals surface area (Å²) in [6.45, 7) is 2.77. The average Bonchev–Trinajstić information content (AvgIpc) is 2.58. The molecule has 0 unspecified atom stereocenters. The van der Waals surface area contributed by atoms with Crippen molar-refractivity contribution in [2.24, 2.45) is 0 Å². The molecule has 0 aromatic heterocycles. The standard InChI is InChI=1S/C17H18F3NO3S/c1-2-24-12-14-6-4-3-5-13(14)11-21-25(22,23)16-9-7-15(8-10-16)17(18,19)20/h3-10,21H,2,11-12H2,1H3. The Labute approximate surface area is 144 Å². The van der Waals surface area contributed by atoms with Gasteiger partial charge in [0.15, 0.2) is 0 Å². The molecule has 2 aromatic carbocycles. The van der Waals surface area contributed by atoms with E-state index in [9.17, 15) is 21.6 Å². The van der Waals surface area contributed by atoms with Crippen LogP contribution in [0.5, 0.6) is 0 Å². The van der Waals surface area contributed by atoms with Crippen molar-refractivity contribution in [2.45, 2.75) is 31.1 Å². The van der Waals surface area contributed by atoms with Crippen molar-refractivity contribution in [2.75, 3.05) is 6.61 Å². The third-order valence-electron chi connectivity index (χ3n) is 3.52. The highest BCUT2D eigenvalue weighted by Gasteiger charge is 2.30. The minimum absolute atomic E-state index is 0.0204. The Kier molecular flexibility index (Phi) is 6.21. The lowest BCUT2D eigenvalue weighted by atomic mass is 10.1. The Morgan fingerprint density at radius 3 is 2.16 bits per heavy atom. The first-order valence-electron chi connectivity index (χ1n) is 7.55. The summed E-state index contributed by atoms with van der Waals surface area (Å²) in [6.07, 6.45) is -4.51. The number of benzene rings is 2. The van der Waals surface area contributed by atoms with Crippen LogP contribution in [0.25, 0.3) is 0 Å². The molecule has 25 heavy (non-hydrogen) atoms. The molecule has 0 aliphatic carbocycles. The maximum atomic E-state index is 12.6. The van der Waals surface area contributed by atoms with Crippen molar-refractivity contribution in [1.29, 1.82) is 0 Å². The van der Waals surface area contributed by atoms with E-state index in [0.29, 0.717) is 13.2 Å². The second-order valence-electron chi connectivity index (χ2n) is 5.25. The first kappa shape index (κ1) is 19.4. The maximum absolute atomic E-state index is 12.6. The number of nitrogens with one attached hydrogen (secondary N) is 1. The van der Waals surface area contributed by atoms with Gasteiger partial charge in [0, 0.05) is 13.2 Å². The van der Waals surface area contributed by atoms with Gasteiger partial charge < -0.3 is 4.74 Å². The van der Waals surface area contributed by atoms with Gasteiger partial charge in [-0.05, 0) is 42.3 Å². The van der Waals surface area contributed by atoms with Crippen molar-refractivity contribution in [3.05, 3.63) is 65.2 Å². The summed E-state index contributed by atoms with van der Waals surface area (Å²) in [7, 11) is -3.92. The largest absolute Gasteiger partial charge is 0.416 e. The van der Waals surface area contributed by atoms with E-state index in [1.54, 1.807) is 12.1 Å². The highest BCUT2D eigenvalue weighted by Crippen LogP contribution is 2.29. The zero-order chi connectivity index (χ0) is 18.5. The topological polar surface area (TPSA) is 55.4 Å². The molecular weight excluding hydrogens is 355 g/mol. The van der Waals surface area contributed by atoms with Gasteiger partial charge in [-0.15, -0.1) is 0 Å². The molecule has 1 N–H and O–H groups in total. The highest BCUT2D eigenvalue weighted by atomic mass is 32.2. The molecule has 0 fully saturated rings. The lowest BCUT2D eigenvalue weighted by Crippen LogP contribution is -2.24. The minimum atomic E-state index is -4.51. The molecule has 0 bridgehead atoms. The van der Waals surface area contributed by atoms with Gasteiger partial charge in [0.25, 0.3) is 0 Å². The molecule has 0 aliphatic rings. The second kappa shape index (κ2) is 7.99. The molecule has 2 rings (SSSR count). The highest BCUT2D eigenvalue weighted by molar-refractivity contribution is 7.89. The lowest BCUT2D eigenvalue weighted by Gasteiger charge is -2.12. The van der Waals surface area contributed by atoms with E-state index in [2.05, 4.69) is 4.72 Å². The molecule has 0 saturated carbocycles. The maximum Gasteiger partial charge on any atom is 0.416 e. The van der Waals surface area contributed by atoms with E-state index < -0.39 is 21.8 Å². The fourth-order valence-electron chi connectivity index (χ4n) is 2.16. The van der Waals surface area contributed by atoms with Crippen molar-refractivity contribution in [1.82, 2.24) is 4.72 Å².